The Bertz CT molecular complexity index is 496. The minimum Gasteiger partial charge on any atom is -0.465 e. The fraction of sp³-hybridized carbons (Fsp3) is 0.579. The van der Waals surface area contributed by atoms with Crippen molar-refractivity contribution in [3.8, 4) is 0 Å². The van der Waals surface area contributed by atoms with E-state index in [4.69, 9.17) is 0 Å². The number of rotatable bonds is 6. The van der Waals surface area contributed by atoms with Crippen LogP contribution < -0.4 is 0 Å². The molecule has 22 heavy (non-hydrogen) atoms. The summed E-state index contributed by atoms with van der Waals surface area (Å²) in [7, 11) is 1.35. The average molecular weight is 302 g/mol. The Kier molecular flexibility index (Phi) is 6.17. The normalized spacial score (nSPS) is 21.4. The summed E-state index contributed by atoms with van der Waals surface area (Å²) in [6, 6.07) is 6.75. The van der Waals surface area contributed by atoms with Crippen molar-refractivity contribution in [2.24, 2.45) is 11.8 Å². The molecule has 3 nitrogen and oxygen atoms in total. The third-order valence-corrected chi connectivity index (χ3v) is 4.78. The Labute approximate surface area is 133 Å². The number of ketones is 1. The molecule has 0 spiro atoms. The number of hydrogen-bond donors (Lipinski definition) is 0. The first-order valence-electron chi connectivity index (χ1n) is 8.31. The lowest BCUT2D eigenvalue weighted by Crippen LogP contribution is -2.12. The highest BCUT2D eigenvalue weighted by Gasteiger charge is 2.18. The fourth-order valence-corrected chi connectivity index (χ4v) is 3.22. The molecule has 2 rings (SSSR count). The SMILES string of the molecule is COC(=O)c1ccc(C(=O)CCCC2CCC(C)CC2)cc1. The van der Waals surface area contributed by atoms with Crippen LogP contribution in [-0.4, -0.2) is 18.9 Å². The molecule has 120 valence electrons. The topological polar surface area (TPSA) is 43.4 Å². The van der Waals surface area contributed by atoms with Crippen molar-refractivity contribution in [1.82, 2.24) is 0 Å². The second-order valence-corrected chi connectivity index (χ2v) is 6.51. The molecule has 0 bridgehead atoms. The third-order valence-electron chi connectivity index (χ3n) is 4.78. The first kappa shape index (κ1) is 16.7. The van der Waals surface area contributed by atoms with E-state index < -0.39 is 0 Å². The van der Waals surface area contributed by atoms with Gasteiger partial charge in [0.25, 0.3) is 0 Å². The zero-order chi connectivity index (χ0) is 15.9. The van der Waals surface area contributed by atoms with E-state index in [1.54, 1.807) is 24.3 Å². The summed E-state index contributed by atoms with van der Waals surface area (Å²) in [6.07, 6.45) is 8.06. The molecule has 1 aromatic carbocycles. The molecule has 1 fully saturated rings. The van der Waals surface area contributed by atoms with Gasteiger partial charge in [-0.2, -0.15) is 0 Å². The molecule has 1 saturated carbocycles. The highest BCUT2D eigenvalue weighted by Crippen LogP contribution is 2.31. The van der Waals surface area contributed by atoms with Gasteiger partial charge < -0.3 is 4.74 Å². The lowest BCUT2D eigenvalue weighted by Gasteiger charge is -2.25. The summed E-state index contributed by atoms with van der Waals surface area (Å²) < 4.78 is 4.65. The van der Waals surface area contributed by atoms with Crippen molar-refractivity contribution in [2.75, 3.05) is 7.11 Å². The molecule has 0 heterocycles. The standard InChI is InChI=1S/C19H26O3/c1-14-6-8-15(9-7-14)4-3-5-18(20)16-10-12-17(13-11-16)19(21)22-2/h10-15H,3-9H2,1-2H3. The number of benzene rings is 1. The third kappa shape index (κ3) is 4.69. The van der Waals surface area contributed by atoms with Crippen LogP contribution in [0.5, 0.6) is 0 Å². The van der Waals surface area contributed by atoms with Gasteiger partial charge in [0.05, 0.1) is 12.7 Å². The van der Waals surface area contributed by atoms with Crippen molar-refractivity contribution in [3.05, 3.63) is 35.4 Å². The van der Waals surface area contributed by atoms with Crippen LogP contribution in [0.2, 0.25) is 0 Å². The van der Waals surface area contributed by atoms with Gasteiger partial charge in [-0.1, -0.05) is 51.2 Å². The Morgan fingerprint density at radius 1 is 1.05 bits per heavy atom. The van der Waals surface area contributed by atoms with Crippen LogP contribution in [0.4, 0.5) is 0 Å². The van der Waals surface area contributed by atoms with Crippen LogP contribution in [-0.2, 0) is 4.74 Å². The van der Waals surface area contributed by atoms with Gasteiger partial charge in [-0.15, -0.1) is 0 Å². The minimum atomic E-state index is -0.370. The van der Waals surface area contributed by atoms with Gasteiger partial charge in [0.15, 0.2) is 5.78 Å². The fourth-order valence-electron chi connectivity index (χ4n) is 3.22. The van der Waals surface area contributed by atoms with E-state index >= 15 is 0 Å². The molecule has 0 amide bonds. The molecule has 0 aromatic heterocycles. The minimum absolute atomic E-state index is 0.167. The molecule has 0 saturated heterocycles. The number of carbonyl (C=O) groups excluding carboxylic acids is 2. The van der Waals surface area contributed by atoms with E-state index in [0.717, 1.165) is 18.3 Å². The zero-order valence-electron chi connectivity index (χ0n) is 13.6. The van der Waals surface area contributed by atoms with Crippen LogP contribution in [0.25, 0.3) is 0 Å². The average Bonchev–Trinajstić information content (AvgIpc) is 2.56. The molecule has 1 aromatic rings. The smallest absolute Gasteiger partial charge is 0.337 e. The van der Waals surface area contributed by atoms with E-state index in [9.17, 15) is 9.59 Å². The maximum atomic E-state index is 12.2. The van der Waals surface area contributed by atoms with E-state index in [2.05, 4.69) is 11.7 Å². The summed E-state index contributed by atoms with van der Waals surface area (Å²) >= 11 is 0. The Morgan fingerprint density at radius 3 is 2.23 bits per heavy atom. The lowest BCUT2D eigenvalue weighted by molar-refractivity contribution is 0.0600. The molecule has 0 aliphatic heterocycles. The quantitative estimate of drug-likeness (QED) is 0.567. The van der Waals surface area contributed by atoms with E-state index in [1.165, 1.54) is 39.2 Å². The molecule has 0 unspecified atom stereocenters. The van der Waals surface area contributed by atoms with Crippen LogP contribution in [0.1, 0.15) is 72.6 Å². The van der Waals surface area contributed by atoms with Gasteiger partial charge in [0.2, 0.25) is 0 Å². The first-order chi connectivity index (χ1) is 10.6. The highest BCUT2D eigenvalue weighted by molar-refractivity contribution is 5.97. The Morgan fingerprint density at radius 2 is 1.64 bits per heavy atom. The zero-order valence-corrected chi connectivity index (χ0v) is 13.6. The molecule has 1 aliphatic carbocycles. The number of methoxy groups -OCH3 is 1. The molecule has 3 heteroatoms. The monoisotopic (exact) mass is 302 g/mol. The Hall–Kier alpha value is -1.64. The van der Waals surface area contributed by atoms with Gasteiger partial charge in [-0.05, 0) is 30.4 Å². The van der Waals surface area contributed by atoms with Crippen LogP contribution in [0, 0.1) is 11.8 Å². The van der Waals surface area contributed by atoms with Crippen molar-refractivity contribution >= 4 is 11.8 Å². The largest absolute Gasteiger partial charge is 0.465 e. The van der Waals surface area contributed by atoms with Crippen molar-refractivity contribution in [3.63, 3.8) is 0 Å². The summed E-state index contributed by atoms with van der Waals surface area (Å²) in [5.74, 6) is 1.49. The number of ether oxygens (including phenoxy) is 1. The van der Waals surface area contributed by atoms with E-state index in [-0.39, 0.29) is 11.8 Å². The van der Waals surface area contributed by atoms with Crippen molar-refractivity contribution < 1.29 is 14.3 Å². The van der Waals surface area contributed by atoms with Crippen LogP contribution in [0.3, 0.4) is 0 Å². The van der Waals surface area contributed by atoms with Gasteiger partial charge in [0, 0.05) is 12.0 Å². The van der Waals surface area contributed by atoms with Gasteiger partial charge in [-0.25, -0.2) is 4.79 Å². The molecule has 1 aliphatic rings. The van der Waals surface area contributed by atoms with Crippen molar-refractivity contribution in [1.29, 1.82) is 0 Å². The number of esters is 1. The molecule has 0 atom stereocenters. The Balaban J connectivity index is 1.76. The molecule has 0 N–H and O–H groups in total. The maximum Gasteiger partial charge on any atom is 0.337 e. The molecular formula is C19H26O3. The van der Waals surface area contributed by atoms with Crippen LogP contribution in [0.15, 0.2) is 24.3 Å². The predicted octanol–water partition coefficient (Wildman–Crippen LogP) is 4.65. The predicted molar refractivity (Wildman–Crippen MR) is 87.1 cm³/mol. The summed E-state index contributed by atoms with van der Waals surface area (Å²) in [5, 5.41) is 0. The van der Waals surface area contributed by atoms with Crippen LogP contribution >= 0.6 is 0 Å². The molecular weight excluding hydrogens is 276 g/mol. The van der Waals surface area contributed by atoms with Gasteiger partial charge >= 0.3 is 5.97 Å². The van der Waals surface area contributed by atoms with Gasteiger partial charge in [0.1, 0.15) is 0 Å². The van der Waals surface area contributed by atoms with Gasteiger partial charge in [-0.3, -0.25) is 4.79 Å². The van der Waals surface area contributed by atoms with E-state index in [0.29, 0.717) is 17.5 Å². The number of Topliss-reactive ketones (excluding diaryl/α,β-unsaturated/α-hetero) is 1. The summed E-state index contributed by atoms with van der Waals surface area (Å²) in [6.45, 7) is 2.33. The first-order valence-corrected chi connectivity index (χ1v) is 8.31. The second kappa shape index (κ2) is 8.11. The van der Waals surface area contributed by atoms with E-state index in [1.807, 2.05) is 0 Å². The summed E-state index contributed by atoms with van der Waals surface area (Å²) in [5.41, 5.74) is 1.17. The highest BCUT2D eigenvalue weighted by atomic mass is 16.5. The molecule has 0 radical (unpaired) electrons. The maximum absolute atomic E-state index is 12.2. The summed E-state index contributed by atoms with van der Waals surface area (Å²) in [4.78, 5) is 23.5. The number of carbonyl (C=O) groups is 2. The number of hydrogen-bond acceptors (Lipinski definition) is 3. The lowest BCUT2D eigenvalue weighted by atomic mass is 9.80. The van der Waals surface area contributed by atoms with Crippen molar-refractivity contribution in [2.45, 2.75) is 51.9 Å². The second-order valence-electron chi connectivity index (χ2n) is 6.51.